The second-order valence-corrected chi connectivity index (χ2v) is 10.7. The van der Waals surface area contributed by atoms with E-state index in [2.05, 4.69) is 10.3 Å². The average Bonchev–Trinajstić information content (AvgIpc) is 3.38. The van der Waals surface area contributed by atoms with Gasteiger partial charge in [0, 0.05) is 29.5 Å². The van der Waals surface area contributed by atoms with Crippen molar-refractivity contribution in [2.75, 3.05) is 6.54 Å². The molecular weight excluding hydrogens is 416 g/mol. The van der Waals surface area contributed by atoms with Gasteiger partial charge in [-0.15, -0.1) is 0 Å². The van der Waals surface area contributed by atoms with E-state index >= 15 is 0 Å². The van der Waals surface area contributed by atoms with Gasteiger partial charge in [0.2, 0.25) is 11.8 Å². The third kappa shape index (κ3) is 4.52. The number of fused-ring (bicyclic) bond motifs is 1. The number of hydrogen-bond acceptors (Lipinski definition) is 5. The van der Waals surface area contributed by atoms with Crippen LogP contribution in [0.25, 0.3) is 0 Å². The molecule has 0 aromatic heterocycles. The summed E-state index contributed by atoms with van der Waals surface area (Å²) in [7, 11) is 0. The molecule has 3 atom stereocenters. The Balaban J connectivity index is 1.43. The number of benzene rings is 1. The lowest BCUT2D eigenvalue weighted by atomic mass is 9.89. The first-order chi connectivity index (χ1) is 14.3. The van der Waals surface area contributed by atoms with Crippen LogP contribution in [0.3, 0.4) is 0 Å². The summed E-state index contributed by atoms with van der Waals surface area (Å²) in [4.78, 5) is 31.4. The summed E-state index contributed by atoms with van der Waals surface area (Å²) in [5, 5.41) is 3.86. The lowest BCUT2D eigenvalue weighted by Gasteiger charge is -2.38. The lowest BCUT2D eigenvalue weighted by molar-refractivity contribution is -0.130. The van der Waals surface area contributed by atoms with Crippen LogP contribution < -0.4 is 15.8 Å². The van der Waals surface area contributed by atoms with Crippen LogP contribution in [-0.2, 0) is 9.59 Å². The van der Waals surface area contributed by atoms with E-state index in [1.165, 1.54) is 4.90 Å². The summed E-state index contributed by atoms with van der Waals surface area (Å²) in [6, 6.07) is 3.65. The number of halogens is 1. The largest absolute Gasteiger partial charge is 0.487 e. The maximum Gasteiger partial charge on any atom is 0.231 e. The van der Waals surface area contributed by atoms with E-state index in [1.54, 1.807) is 0 Å². The molecule has 8 heteroatoms. The maximum atomic E-state index is 13.0. The van der Waals surface area contributed by atoms with Crippen molar-refractivity contribution in [2.45, 2.75) is 71.1 Å². The third-order valence-electron chi connectivity index (χ3n) is 6.32. The molecule has 0 bridgehead atoms. The van der Waals surface area contributed by atoms with Gasteiger partial charge in [0.15, 0.2) is 5.96 Å². The van der Waals surface area contributed by atoms with Gasteiger partial charge < -0.3 is 15.8 Å². The highest BCUT2D eigenvalue weighted by molar-refractivity contribution is 6.31. The second kappa shape index (κ2) is 7.40. The van der Waals surface area contributed by atoms with Crippen LogP contribution in [0.2, 0.25) is 5.02 Å². The van der Waals surface area contributed by atoms with Gasteiger partial charge in [-0.25, -0.2) is 4.99 Å². The molecule has 3 aliphatic rings. The molecule has 0 spiro atoms. The Morgan fingerprint density at radius 1 is 1.35 bits per heavy atom. The summed E-state index contributed by atoms with van der Waals surface area (Å²) in [5.41, 5.74) is 7.01. The number of rotatable bonds is 4. The predicted molar refractivity (Wildman–Crippen MR) is 120 cm³/mol. The summed E-state index contributed by atoms with van der Waals surface area (Å²) in [6.45, 7) is 10.2. The van der Waals surface area contributed by atoms with Crippen molar-refractivity contribution in [3.05, 3.63) is 28.3 Å². The number of amides is 2. The quantitative estimate of drug-likeness (QED) is 0.741. The fourth-order valence-corrected chi connectivity index (χ4v) is 4.76. The summed E-state index contributed by atoms with van der Waals surface area (Å²) in [5.74, 6) is 0.932. The molecule has 1 aromatic carbocycles. The van der Waals surface area contributed by atoms with Crippen LogP contribution in [0.15, 0.2) is 17.1 Å². The number of aliphatic imine (C=N–C) groups is 1. The van der Waals surface area contributed by atoms with Gasteiger partial charge in [-0.2, -0.15) is 0 Å². The molecule has 3 N–H and O–H groups in total. The van der Waals surface area contributed by atoms with Crippen molar-refractivity contribution in [1.82, 2.24) is 10.2 Å². The highest BCUT2D eigenvalue weighted by Gasteiger charge is 2.47. The Bertz CT molecular complexity index is 972. The van der Waals surface area contributed by atoms with Gasteiger partial charge >= 0.3 is 0 Å². The third-order valence-corrected chi connectivity index (χ3v) is 6.73. The minimum absolute atomic E-state index is 0.00403. The first-order valence-electron chi connectivity index (χ1n) is 10.8. The molecule has 0 saturated heterocycles. The SMILES string of the molecule is Cc1cc2c(cc1Cl)[C@@H](NC(=O)C1C[C@@H]1CN1C(=O)CC(C)(C)N=C1N)CC(C)(C)O2. The van der Waals surface area contributed by atoms with E-state index < -0.39 is 11.1 Å². The highest BCUT2D eigenvalue weighted by atomic mass is 35.5. The molecule has 168 valence electrons. The van der Waals surface area contributed by atoms with Gasteiger partial charge in [0.1, 0.15) is 11.4 Å². The Hall–Kier alpha value is -2.28. The average molecular weight is 447 g/mol. The number of ether oxygens (including phenoxy) is 1. The van der Waals surface area contributed by atoms with E-state index in [0.717, 1.165) is 23.3 Å². The number of carbonyl (C=O) groups excluding carboxylic acids is 2. The van der Waals surface area contributed by atoms with E-state index in [4.69, 9.17) is 22.1 Å². The summed E-state index contributed by atoms with van der Waals surface area (Å²) < 4.78 is 6.12. The number of nitrogens with one attached hydrogen (secondary N) is 1. The monoisotopic (exact) mass is 446 g/mol. The molecule has 2 amide bonds. The molecule has 0 radical (unpaired) electrons. The molecule has 1 aromatic rings. The van der Waals surface area contributed by atoms with Gasteiger partial charge in [0.05, 0.1) is 18.0 Å². The number of hydrogen-bond donors (Lipinski definition) is 2. The van der Waals surface area contributed by atoms with Crippen LogP contribution in [-0.4, -0.2) is 40.4 Å². The predicted octanol–water partition coefficient (Wildman–Crippen LogP) is 3.33. The van der Waals surface area contributed by atoms with E-state index in [9.17, 15) is 9.59 Å². The number of carbonyl (C=O) groups is 2. The Labute approximate surface area is 188 Å². The van der Waals surface area contributed by atoms with Crippen molar-refractivity contribution < 1.29 is 14.3 Å². The molecule has 2 heterocycles. The van der Waals surface area contributed by atoms with Gasteiger partial charge in [0.25, 0.3) is 0 Å². The van der Waals surface area contributed by atoms with Crippen LogP contribution in [0.5, 0.6) is 5.75 Å². The molecule has 1 aliphatic carbocycles. The number of aryl methyl sites for hydroxylation is 1. The van der Waals surface area contributed by atoms with Crippen LogP contribution in [0, 0.1) is 18.8 Å². The van der Waals surface area contributed by atoms with Gasteiger partial charge in [-0.3, -0.25) is 14.5 Å². The number of guanidine groups is 1. The fraction of sp³-hybridized carbons (Fsp3) is 0.609. The summed E-state index contributed by atoms with van der Waals surface area (Å²) >= 11 is 6.34. The Morgan fingerprint density at radius 2 is 2.06 bits per heavy atom. The van der Waals surface area contributed by atoms with Crippen molar-refractivity contribution >= 4 is 29.4 Å². The smallest absolute Gasteiger partial charge is 0.231 e. The van der Waals surface area contributed by atoms with Crippen LogP contribution in [0.1, 0.15) is 64.1 Å². The van der Waals surface area contributed by atoms with Crippen LogP contribution >= 0.6 is 11.6 Å². The van der Waals surface area contributed by atoms with Crippen molar-refractivity contribution in [1.29, 1.82) is 0 Å². The van der Waals surface area contributed by atoms with Crippen LogP contribution in [0.4, 0.5) is 0 Å². The fourth-order valence-electron chi connectivity index (χ4n) is 4.58. The Morgan fingerprint density at radius 3 is 2.74 bits per heavy atom. The minimum atomic E-state index is -0.471. The van der Waals surface area contributed by atoms with E-state index in [0.29, 0.717) is 24.4 Å². The normalized spacial score (nSPS) is 28.3. The van der Waals surface area contributed by atoms with Gasteiger partial charge in [-0.1, -0.05) is 11.6 Å². The Kier molecular flexibility index (Phi) is 5.23. The van der Waals surface area contributed by atoms with Gasteiger partial charge in [-0.05, 0) is 64.7 Å². The lowest BCUT2D eigenvalue weighted by Crippen LogP contribution is -2.50. The molecular formula is C23H31ClN4O3. The molecule has 1 fully saturated rings. The topological polar surface area (TPSA) is 97.0 Å². The zero-order chi connectivity index (χ0) is 22.7. The number of nitrogens with zero attached hydrogens (tertiary/aromatic N) is 2. The minimum Gasteiger partial charge on any atom is -0.487 e. The maximum absolute atomic E-state index is 13.0. The molecule has 7 nitrogen and oxygen atoms in total. The van der Waals surface area contributed by atoms with E-state index in [-0.39, 0.29) is 35.7 Å². The van der Waals surface area contributed by atoms with E-state index in [1.807, 2.05) is 46.8 Å². The zero-order valence-electron chi connectivity index (χ0n) is 18.8. The molecule has 31 heavy (non-hydrogen) atoms. The standard InChI is InChI=1S/C23H31ClN4O3/c1-12-6-18-15(8-16(12)24)17(9-23(4,5)31-18)26-20(30)14-7-13(14)11-28-19(29)10-22(2,3)27-21(28)25/h6,8,13-14,17H,7,9-11H2,1-5H3,(H2,25,27)(H,26,30)/t13-,14?,17+/m1/s1. The molecule has 1 saturated carbocycles. The number of nitrogens with two attached hydrogens (primary N) is 1. The van der Waals surface area contributed by atoms with Crippen molar-refractivity contribution in [2.24, 2.45) is 22.6 Å². The molecule has 1 unspecified atom stereocenters. The first kappa shape index (κ1) is 21.9. The molecule has 2 aliphatic heterocycles. The molecule has 4 rings (SSSR count). The zero-order valence-corrected chi connectivity index (χ0v) is 19.5. The van der Waals surface area contributed by atoms with Crippen molar-refractivity contribution in [3.8, 4) is 5.75 Å². The second-order valence-electron chi connectivity index (χ2n) is 10.3. The summed E-state index contributed by atoms with van der Waals surface area (Å²) in [6.07, 6.45) is 1.72. The van der Waals surface area contributed by atoms with Crippen molar-refractivity contribution in [3.63, 3.8) is 0 Å². The highest BCUT2D eigenvalue weighted by Crippen LogP contribution is 2.44. The first-order valence-corrected chi connectivity index (χ1v) is 11.2.